The van der Waals surface area contributed by atoms with Crippen LogP contribution in [0.2, 0.25) is 0 Å². The molecule has 0 saturated carbocycles. The van der Waals surface area contributed by atoms with Gasteiger partial charge >= 0.3 is 0 Å². The van der Waals surface area contributed by atoms with E-state index in [0.29, 0.717) is 24.5 Å². The van der Waals surface area contributed by atoms with Crippen molar-refractivity contribution in [3.05, 3.63) is 59.9 Å². The lowest BCUT2D eigenvalue weighted by molar-refractivity contribution is 0.290. The molecule has 3 rings (SSSR count). The molecule has 0 saturated heterocycles. The van der Waals surface area contributed by atoms with Crippen molar-refractivity contribution in [2.75, 3.05) is 18.9 Å². The van der Waals surface area contributed by atoms with Crippen LogP contribution in [0.15, 0.2) is 53.4 Å². The highest BCUT2D eigenvalue weighted by Gasteiger charge is 2.29. The van der Waals surface area contributed by atoms with Gasteiger partial charge in [-0.3, -0.25) is 0 Å². The fraction of sp³-hybridized carbons (Fsp3) is 0.294. The molecular formula is C17H18FNO3S. The molecule has 2 aromatic carbocycles. The molecule has 0 bridgehead atoms. The van der Waals surface area contributed by atoms with E-state index in [1.54, 1.807) is 30.3 Å². The number of hydrogen-bond acceptors (Lipinski definition) is 4. The first-order valence-corrected chi connectivity index (χ1v) is 9.15. The molecule has 0 spiro atoms. The molecule has 23 heavy (non-hydrogen) atoms. The highest BCUT2D eigenvalue weighted by molar-refractivity contribution is 7.91. The lowest BCUT2D eigenvalue weighted by Gasteiger charge is -2.26. The van der Waals surface area contributed by atoms with Gasteiger partial charge in [0.1, 0.15) is 6.61 Å². The molecular weight excluding hydrogens is 317 g/mol. The van der Waals surface area contributed by atoms with Gasteiger partial charge in [-0.25, -0.2) is 12.8 Å². The summed E-state index contributed by atoms with van der Waals surface area (Å²) in [5.74, 6) is -0.0296. The number of para-hydroxylation sites is 1. The number of hydrogen-bond donors (Lipinski definition) is 1. The summed E-state index contributed by atoms with van der Waals surface area (Å²) in [7, 11) is -3.18. The zero-order valence-corrected chi connectivity index (χ0v) is 13.4. The zero-order valence-electron chi connectivity index (χ0n) is 12.5. The number of sulfone groups is 1. The van der Waals surface area contributed by atoms with E-state index in [1.807, 2.05) is 12.1 Å². The molecule has 0 aromatic heterocycles. The smallest absolute Gasteiger partial charge is 0.178 e. The van der Waals surface area contributed by atoms with Gasteiger partial charge in [0.05, 0.1) is 10.6 Å². The minimum absolute atomic E-state index is 0.0288. The molecule has 1 unspecified atom stereocenters. The maximum Gasteiger partial charge on any atom is 0.178 e. The van der Waals surface area contributed by atoms with Crippen LogP contribution in [-0.2, 0) is 9.84 Å². The van der Waals surface area contributed by atoms with Crippen molar-refractivity contribution < 1.29 is 17.5 Å². The number of ether oxygens (including phenoxy) is 1. The molecule has 0 radical (unpaired) electrons. The summed E-state index contributed by atoms with van der Waals surface area (Å²) in [4.78, 5) is 0.402. The van der Waals surface area contributed by atoms with Crippen LogP contribution in [-0.4, -0.2) is 27.3 Å². The van der Waals surface area contributed by atoms with Gasteiger partial charge in [-0.1, -0.05) is 30.3 Å². The minimum Gasteiger partial charge on any atom is -0.489 e. The van der Waals surface area contributed by atoms with Crippen LogP contribution in [0, 0.1) is 5.82 Å². The van der Waals surface area contributed by atoms with Crippen molar-refractivity contribution in [3.63, 3.8) is 0 Å². The number of nitrogens with one attached hydrogen (secondary N) is 1. The molecule has 122 valence electrons. The van der Waals surface area contributed by atoms with Crippen LogP contribution >= 0.6 is 0 Å². The van der Waals surface area contributed by atoms with Crippen LogP contribution in [0.3, 0.4) is 0 Å². The monoisotopic (exact) mass is 335 g/mol. The first-order chi connectivity index (χ1) is 11.1. The van der Waals surface area contributed by atoms with Crippen molar-refractivity contribution in [1.29, 1.82) is 0 Å². The second-order valence-electron chi connectivity index (χ2n) is 5.43. The topological polar surface area (TPSA) is 55.4 Å². The molecule has 1 aliphatic heterocycles. The Hall–Kier alpha value is -1.92. The van der Waals surface area contributed by atoms with Crippen molar-refractivity contribution in [2.45, 2.75) is 17.4 Å². The molecule has 4 nitrogen and oxygen atoms in total. The summed E-state index contributed by atoms with van der Waals surface area (Å²) in [5, 5.41) is 3.29. The summed E-state index contributed by atoms with van der Waals surface area (Å²) >= 11 is 0. The van der Waals surface area contributed by atoms with E-state index in [9.17, 15) is 12.8 Å². The minimum atomic E-state index is -3.18. The highest BCUT2D eigenvalue weighted by atomic mass is 32.2. The van der Waals surface area contributed by atoms with Crippen molar-refractivity contribution in [2.24, 2.45) is 0 Å². The van der Waals surface area contributed by atoms with Crippen molar-refractivity contribution in [3.8, 4) is 5.75 Å². The van der Waals surface area contributed by atoms with Crippen LogP contribution in [0.25, 0.3) is 0 Å². The molecule has 0 fully saturated rings. The van der Waals surface area contributed by atoms with E-state index in [4.69, 9.17) is 4.74 Å². The SMILES string of the molecule is O=S1(=O)CCC(NCCOc2ccccc2F)c2ccccc21. The Labute approximate surface area is 135 Å². The Bertz CT molecular complexity index is 792. The Morgan fingerprint density at radius 3 is 2.70 bits per heavy atom. The average molecular weight is 335 g/mol. The first kappa shape index (κ1) is 16.0. The third kappa shape index (κ3) is 3.54. The second kappa shape index (κ2) is 6.68. The number of fused-ring (bicyclic) bond motifs is 1. The number of halogens is 1. The second-order valence-corrected chi connectivity index (χ2v) is 7.51. The lowest BCUT2D eigenvalue weighted by Crippen LogP contribution is -2.32. The fourth-order valence-corrected chi connectivity index (χ4v) is 4.38. The predicted molar refractivity (Wildman–Crippen MR) is 85.8 cm³/mol. The van der Waals surface area contributed by atoms with E-state index in [2.05, 4.69) is 5.32 Å². The van der Waals surface area contributed by atoms with Gasteiger partial charge < -0.3 is 10.1 Å². The summed E-state index contributed by atoms with van der Waals surface area (Å²) < 4.78 is 43.0. The van der Waals surface area contributed by atoms with Crippen LogP contribution in [0.1, 0.15) is 18.0 Å². The normalized spacial score (nSPS) is 19.1. The van der Waals surface area contributed by atoms with Gasteiger partial charge in [-0.2, -0.15) is 0 Å². The van der Waals surface area contributed by atoms with E-state index in [-0.39, 0.29) is 23.4 Å². The molecule has 1 aliphatic rings. The van der Waals surface area contributed by atoms with E-state index in [0.717, 1.165) is 5.56 Å². The van der Waals surface area contributed by atoms with E-state index in [1.165, 1.54) is 6.07 Å². The first-order valence-electron chi connectivity index (χ1n) is 7.50. The molecule has 1 atom stereocenters. The Balaban J connectivity index is 1.60. The largest absolute Gasteiger partial charge is 0.489 e. The van der Waals surface area contributed by atoms with Gasteiger partial charge in [0, 0.05) is 12.6 Å². The van der Waals surface area contributed by atoms with Gasteiger partial charge in [-0.05, 0) is 30.2 Å². The predicted octanol–water partition coefficient (Wildman–Crippen LogP) is 2.71. The summed E-state index contributed by atoms with van der Waals surface area (Å²) in [6.45, 7) is 0.819. The maximum atomic E-state index is 13.4. The molecule has 0 aliphatic carbocycles. The van der Waals surface area contributed by atoms with Gasteiger partial charge in [-0.15, -0.1) is 0 Å². The molecule has 0 amide bonds. The zero-order chi connectivity index (χ0) is 16.3. The van der Waals surface area contributed by atoms with Gasteiger partial charge in [0.15, 0.2) is 21.4 Å². The third-order valence-electron chi connectivity index (χ3n) is 3.89. The van der Waals surface area contributed by atoms with Gasteiger partial charge in [0.2, 0.25) is 0 Å². The van der Waals surface area contributed by atoms with E-state index >= 15 is 0 Å². The Morgan fingerprint density at radius 1 is 1.13 bits per heavy atom. The average Bonchev–Trinajstić information content (AvgIpc) is 2.55. The van der Waals surface area contributed by atoms with Crippen LogP contribution in [0.5, 0.6) is 5.75 Å². The third-order valence-corrected chi connectivity index (χ3v) is 5.71. The van der Waals surface area contributed by atoms with Crippen LogP contribution < -0.4 is 10.1 Å². The maximum absolute atomic E-state index is 13.4. The standard InChI is InChI=1S/C17H18FNO3S/c18-14-6-2-3-7-16(14)22-11-10-19-15-9-12-23(20,21)17-8-4-1-5-13(15)17/h1-8,15,19H,9-12H2. The van der Waals surface area contributed by atoms with E-state index < -0.39 is 9.84 Å². The summed E-state index contributed by atoms with van der Waals surface area (Å²) in [5.41, 5.74) is 0.796. The Morgan fingerprint density at radius 2 is 1.87 bits per heavy atom. The quantitative estimate of drug-likeness (QED) is 0.854. The fourth-order valence-electron chi connectivity index (χ4n) is 2.76. The van der Waals surface area contributed by atoms with Crippen LogP contribution in [0.4, 0.5) is 4.39 Å². The number of rotatable bonds is 5. The molecule has 2 aromatic rings. The highest BCUT2D eigenvalue weighted by Crippen LogP contribution is 2.31. The van der Waals surface area contributed by atoms with Crippen molar-refractivity contribution in [1.82, 2.24) is 5.32 Å². The Kier molecular flexibility index (Phi) is 4.63. The van der Waals surface area contributed by atoms with Crippen molar-refractivity contribution >= 4 is 9.84 Å². The van der Waals surface area contributed by atoms with Gasteiger partial charge in [0.25, 0.3) is 0 Å². The number of benzene rings is 2. The summed E-state index contributed by atoms with van der Waals surface area (Å²) in [6.07, 6.45) is 0.527. The summed E-state index contributed by atoms with van der Waals surface area (Å²) in [6, 6.07) is 13.3. The molecule has 1 N–H and O–H groups in total. The lowest BCUT2D eigenvalue weighted by atomic mass is 10.0. The molecule has 1 heterocycles. The molecule has 6 heteroatoms.